The fourth-order valence-corrected chi connectivity index (χ4v) is 1.77. The Kier molecular flexibility index (Phi) is 3.71. The molecule has 0 aliphatic rings. The molecular formula is C10H13FN2OS. The molecule has 0 heterocycles. The fourth-order valence-electron chi connectivity index (χ4n) is 0.835. The highest BCUT2D eigenvalue weighted by Crippen LogP contribution is 2.21. The van der Waals surface area contributed by atoms with Gasteiger partial charge in [-0.25, -0.2) is 4.39 Å². The van der Waals surface area contributed by atoms with Gasteiger partial charge in [-0.15, -0.1) is 11.8 Å². The van der Waals surface area contributed by atoms with E-state index >= 15 is 0 Å². The van der Waals surface area contributed by atoms with Crippen LogP contribution >= 0.6 is 11.8 Å². The van der Waals surface area contributed by atoms with Crippen LogP contribution in [0.3, 0.4) is 0 Å². The maximum atomic E-state index is 12.6. The third kappa shape index (κ3) is 3.53. The van der Waals surface area contributed by atoms with E-state index in [4.69, 9.17) is 11.5 Å². The van der Waals surface area contributed by atoms with Crippen molar-refractivity contribution in [3.05, 3.63) is 30.1 Å². The van der Waals surface area contributed by atoms with Gasteiger partial charge < -0.3 is 11.5 Å². The largest absolute Gasteiger partial charge is 0.368 e. The molecule has 0 spiro atoms. The summed E-state index contributed by atoms with van der Waals surface area (Å²) in [5.74, 6) is -0.463. The van der Waals surface area contributed by atoms with Gasteiger partial charge in [0, 0.05) is 10.6 Å². The number of benzene rings is 1. The zero-order valence-corrected chi connectivity index (χ0v) is 9.18. The number of halogens is 1. The van der Waals surface area contributed by atoms with Crippen molar-refractivity contribution in [3.8, 4) is 0 Å². The predicted molar refractivity (Wildman–Crippen MR) is 58.9 cm³/mol. The maximum absolute atomic E-state index is 12.6. The van der Waals surface area contributed by atoms with Crippen LogP contribution in [-0.4, -0.2) is 17.2 Å². The molecular weight excluding hydrogens is 215 g/mol. The van der Waals surface area contributed by atoms with Gasteiger partial charge in [0.25, 0.3) is 0 Å². The van der Waals surface area contributed by atoms with E-state index in [1.807, 2.05) is 0 Å². The van der Waals surface area contributed by atoms with E-state index in [0.717, 1.165) is 4.90 Å². The molecule has 1 atom stereocenters. The fraction of sp³-hybridized carbons (Fsp3) is 0.300. The summed E-state index contributed by atoms with van der Waals surface area (Å²) in [5.41, 5.74) is 9.75. The zero-order chi connectivity index (χ0) is 11.5. The molecule has 0 radical (unpaired) electrons. The molecule has 4 N–H and O–H groups in total. The molecule has 0 saturated carbocycles. The van der Waals surface area contributed by atoms with E-state index in [9.17, 15) is 9.18 Å². The molecule has 0 aliphatic carbocycles. The van der Waals surface area contributed by atoms with Crippen molar-refractivity contribution in [2.75, 3.05) is 5.75 Å². The van der Waals surface area contributed by atoms with Crippen molar-refractivity contribution < 1.29 is 9.18 Å². The number of carbonyl (C=O) groups is 1. The zero-order valence-electron chi connectivity index (χ0n) is 8.37. The molecule has 1 rings (SSSR count). The van der Waals surface area contributed by atoms with Gasteiger partial charge in [-0.1, -0.05) is 0 Å². The Balaban J connectivity index is 2.57. The second kappa shape index (κ2) is 4.63. The third-order valence-electron chi connectivity index (χ3n) is 1.92. The molecule has 1 aromatic carbocycles. The van der Waals surface area contributed by atoms with Crippen LogP contribution in [0.2, 0.25) is 0 Å². The van der Waals surface area contributed by atoms with E-state index < -0.39 is 11.4 Å². The first kappa shape index (κ1) is 12.0. The average molecular weight is 228 g/mol. The van der Waals surface area contributed by atoms with E-state index in [-0.39, 0.29) is 5.82 Å². The Labute approximate surface area is 92.0 Å². The average Bonchev–Trinajstić information content (AvgIpc) is 2.17. The van der Waals surface area contributed by atoms with Crippen molar-refractivity contribution in [1.29, 1.82) is 0 Å². The number of primary amides is 1. The van der Waals surface area contributed by atoms with Gasteiger partial charge in [0.1, 0.15) is 11.4 Å². The van der Waals surface area contributed by atoms with Gasteiger partial charge in [-0.3, -0.25) is 4.79 Å². The topological polar surface area (TPSA) is 69.1 Å². The quantitative estimate of drug-likeness (QED) is 0.759. The Hall–Kier alpha value is -1.07. The lowest BCUT2D eigenvalue weighted by atomic mass is 10.1. The molecule has 82 valence electrons. The van der Waals surface area contributed by atoms with Crippen molar-refractivity contribution >= 4 is 17.7 Å². The lowest BCUT2D eigenvalue weighted by Gasteiger charge is -2.19. The number of amides is 1. The molecule has 3 nitrogen and oxygen atoms in total. The summed E-state index contributed by atoms with van der Waals surface area (Å²) < 4.78 is 12.6. The van der Waals surface area contributed by atoms with Gasteiger partial charge in [-0.2, -0.15) is 0 Å². The highest BCUT2D eigenvalue weighted by Gasteiger charge is 2.25. The normalized spacial score (nSPS) is 14.6. The van der Waals surface area contributed by atoms with Gasteiger partial charge in [0.15, 0.2) is 0 Å². The van der Waals surface area contributed by atoms with Crippen molar-refractivity contribution in [2.45, 2.75) is 17.4 Å². The molecule has 0 fully saturated rings. The Morgan fingerprint density at radius 3 is 2.47 bits per heavy atom. The van der Waals surface area contributed by atoms with Crippen LogP contribution in [0.25, 0.3) is 0 Å². The first-order valence-corrected chi connectivity index (χ1v) is 5.37. The van der Waals surface area contributed by atoms with Gasteiger partial charge in [-0.05, 0) is 31.2 Å². The number of rotatable bonds is 4. The number of thioether (sulfide) groups is 1. The highest BCUT2D eigenvalue weighted by atomic mass is 32.2. The lowest BCUT2D eigenvalue weighted by Crippen LogP contribution is -2.51. The molecule has 1 amide bonds. The number of hydrogen-bond donors (Lipinski definition) is 2. The lowest BCUT2D eigenvalue weighted by molar-refractivity contribution is -0.121. The first-order chi connectivity index (χ1) is 6.92. The molecule has 15 heavy (non-hydrogen) atoms. The Bertz CT molecular complexity index is 351. The van der Waals surface area contributed by atoms with E-state index in [2.05, 4.69) is 0 Å². The molecule has 1 aromatic rings. The van der Waals surface area contributed by atoms with Gasteiger partial charge in [0.2, 0.25) is 5.91 Å². The number of carbonyl (C=O) groups excluding carboxylic acids is 1. The Morgan fingerprint density at radius 2 is 2.00 bits per heavy atom. The summed E-state index contributed by atoms with van der Waals surface area (Å²) >= 11 is 1.37. The summed E-state index contributed by atoms with van der Waals surface area (Å²) in [4.78, 5) is 11.8. The second-order valence-electron chi connectivity index (χ2n) is 3.52. The molecule has 0 saturated heterocycles. The molecule has 0 aromatic heterocycles. The molecule has 5 heteroatoms. The maximum Gasteiger partial charge on any atom is 0.238 e. The van der Waals surface area contributed by atoms with Crippen molar-refractivity contribution in [1.82, 2.24) is 0 Å². The standard InChI is InChI=1S/C10H13FN2OS/c1-10(13,9(12)14)6-15-8-4-2-7(11)3-5-8/h2-5H,6,13H2,1H3,(H2,12,14). The van der Waals surface area contributed by atoms with Crippen LogP contribution in [0.15, 0.2) is 29.2 Å². The van der Waals surface area contributed by atoms with Crippen molar-refractivity contribution in [3.63, 3.8) is 0 Å². The monoisotopic (exact) mass is 228 g/mol. The second-order valence-corrected chi connectivity index (χ2v) is 4.57. The predicted octanol–water partition coefficient (Wildman–Crippen LogP) is 1.12. The molecule has 0 bridgehead atoms. The number of hydrogen-bond acceptors (Lipinski definition) is 3. The van der Waals surface area contributed by atoms with E-state index in [0.29, 0.717) is 5.75 Å². The SMILES string of the molecule is CC(N)(CSc1ccc(F)cc1)C(N)=O. The minimum Gasteiger partial charge on any atom is -0.368 e. The smallest absolute Gasteiger partial charge is 0.238 e. The summed E-state index contributed by atoms with van der Waals surface area (Å²) in [6.07, 6.45) is 0. The highest BCUT2D eigenvalue weighted by molar-refractivity contribution is 7.99. The van der Waals surface area contributed by atoms with Gasteiger partial charge >= 0.3 is 0 Å². The van der Waals surface area contributed by atoms with Crippen LogP contribution in [0.5, 0.6) is 0 Å². The Morgan fingerprint density at radius 1 is 1.47 bits per heavy atom. The summed E-state index contributed by atoms with van der Waals surface area (Å²) in [7, 11) is 0. The van der Waals surface area contributed by atoms with Gasteiger partial charge in [0.05, 0.1) is 0 Å². The van der Waals surface area contributed by atoms with E-state index in [1.54, 1.807) is 19.1 Å². The van der Waals surface area contributed by atoms with Crippen LogP contribution < -0.4 is 11.5 Å². The summed E-state index contributed by atoms with van der Waals surface area (Å²) in [5, 5.41) is 0. The molecule has 0 aliphatic heterocycles. The number of nitrogens with two attached hydrogens (primary N) is 2. The van der Waals surface area contributed by atoms with Crippen LogP contribution in [0, 0.1) is 5.82 Å². The minimum absolute atomic E-state index is 0.287. The minimum atomic E-state index is -1.04. The summed E-state index contributed by atoms with van der Waals surface area (Å²) in [6, 6.07) is 6.00. The third-order valence-corrected chi connectivity index (χ3v) is 3.26. The van der Waals surface area contributed by atoms with Crippen molar-refractivity contribution in [2.24, 2.45) is 11.5 Å². The van der Waals surface area contributed by atoms with Crippen LogP contribution in [-0.2, 0) is 4.79 Å². The van der Waals surface area contributed by atoms with Crippen LogP contribution in [0.1, 0.15) is 6.92 Å². The first-order valence-electron chi connectivity index (χ1n) is 4.39. The van der Waals surface area contributed by atoms with Crippen LogP contribution in [0.4, 0.5) is 4.39 Å². The summed E-state index contributed by atoms with van der Waals surface area (Å²) in [6.45, 7) is 1.58. The molecule has 1 unspecified atom stereocenters. The van der Waals surface area contributed by atoms with E-state index in [1.165, 1.54) is 23.9 Å².